The average molecular weight is 469 g/mol. The highest BCUT2D eigenvalue weighted by Gasteiger charge is 2.27. The van der Waals surface area contributed by atoms with Gasteiger partial charge >= 0.3 is 6.18 Å². The predicted octanol–water partition coefficient (Wildman–Crippen LogP) is 3.64. The van der Waals surface area contributed by atoms with Crippen LogP contribution in [0.15, 0.2) is 65.7 Å². The number of hydrogen-bond donors (Lipinski definition) is 1. The monoisotopic (exact) mass is 469 g/mol. The van der Waals surface area contributed by atoms with Crippen molar-refractivity contribution in [1.29, 1.82) is 0 Å². The number of ketones is 1. The van der Waals surface area contributed by atoms with E-state index in [-0.39, 0.29) is 12.0 Å². The zero-order valence-corrected chi connectivity index (χ0v) is 18.1. The summed E-state index contributed by atoms with van der Waals surface area (Å²) in [4.78, 5) is 28.3. The molecule has 3 aromatic heterocycles. The van der Waals surface area contributed by atoms with E-state index in [1.807, 2.05) is 28.8 Å². The summed E-state index contributed by atoms with van der Waals surface area (Å²) in [5, 5.41) is 4.36. The van der Waals surface area contributed by atoms with Crippen LogP contribution in [-0.4, -0.2) is 37.7 Å². The molecule has 0 unspecified atom stereocenters. The largest absolute Gasteiger partial charge is 0.389 e. The quantitative estimate of drug-likeness (QED) is 0.425. The Balaban J connectivity index is 1.58. The molecule has 10 heteroatoms. The van der Waals surface area contributed by atoms with Crippen LogP contribution < -0.4 is 11.3 Å². The number of carbonyl (C=O) groups excluding carboxylic acids is 1. The number of halogens is 3. The molecule has 0 atom stereocenters. The Hall–Kier alpha value is -3.79. The number of aromatic nitrogens is 4. The van der Waals surface area contributed by atoms with Crippen molar-refractivity contribution >= 4 is 11.4 Å². The molecule has 4 aromatic rings. The van der Waals surface area contributed by atoms with Gasteiger partial charge in [-0.1, -0.05) is 18.2 Å². The van der Waals surface area contributed by atoms with Crippen molar-refractivity contribution in [2.75, 3.05) is 6.54 Å². The molecule has 0 spiro atoms. The van der Waals surface area contributed by atoms with Crippen LogP contribution in [0.25, 0.3) is 28.2 Å². The molecule has 0 amide bonds. The SMILES string of the molecule is NCCn1nc(-c2ccn3c(-c4cccc(CC(=O)CCC(F)(F)F)c4)cnc3c2)ccc1=O. The summed E-state index contributed by atoms with van der Waals surface area (Å²) in [5.41, 5.74) is 9.55. The molecule has 176 valence electrons. The average Bonchev–Trinajstić information content (AvgIpc) is 3.22. The molecule has 4 rings (SSSR count). The fourth-order valence-corrected chi connectivity index (χ4v) is 3.68. The summed E-state index contributed by atoms with van der Waals surface area (Å²) in [5.74, 6) is -0.458. The number of fused-ring (bicyclic) bond motifs is 1. The lowest BCUT2D eigenvalue weighted by molar-refractivity contribution is -0.143. The summed E-state index contributed by atoms with van der Waals surface area (Å²) in [6.45, 7) is 0.615. The smallest absolute Gasteiger partial charge is 0.329 e. The maximum atomic E-state index is 12.4. The lowest BCUT2D eigenvalue weighted by atomic mass is 10.0. The van der Waals surface area contributed by atoms with Crippen LogP contribution in [-0.2, 0) is 17.8 Å². The van der Waals surface area contributed by atoms with Gasteiger partial charge in [-0.15, -0.1) is 0 Å². The van der Waals surface area contributed by atoms with E-state index in [0.29, 0.717) is 30.0 Å². The van der Waals surface area contributed by atoms with Crippen LogP contribution in [0.1, 0.15) is 18.4 Å². The zero-order valence-electron chi connectivity index (χ0n) is 18.1. The minimum Gasteiger partial charge on any atom is -0.329 e. The Labute approximate surface area is 192 Å². The standard InChI is InChI=1S/C24H22F3N5O2/c25-24(26,27)8-6-19(33)13-16-2-1-3-18(12-16)21-15-29-22-14-17(7-10-31(21)22)20-4-5-23(34)32(30-20)11-9-28/h1-5,7,10,12,14-15H,6,8-9,11,13,28H2. The zero-order chi connectivity index (χ0) is 24.3. The first-order valence-corrected chi connectivity index (χ1v) is 10.7. The maximum Gasteiger partial charge on any atom is 0.389 e. The lowest BCUT2D eigenvalue weighted by Crippen LogP contribution is -2.25. The number of hydrogen-bond acceptors (Lipinski definition) is 5. The van der Waals surface area contributed by atoms with E-state index in [0.717, 1.165) is 16.8 Å². The maximum absolute atomic E-state index is 12.4. The number of imidazole rings is 1. The summed E-state index contributed by atoms with van der Waals surface area (Å²) in [6.07, 6.45) is -2.53. The molecule has 0 aliphatic rings. The Bertz CT molecular complexity index is 1390. The van der Waals surface area contributed by atoms with Gasteiger partial charge in [0.1, 0.15) is 11.4 Å². The topological polar surface area (TPSA) is 95.3 Å². The fourth-order valence-electron chi connectivity index (χ4n) is 3.68. The molecule has 3 heterocycles. The fraction of sp³-hybridized carbons (Fsp3) is 0.250. The van der Waals surface area contributed by atoms with Gasteiger partial charge in [-0.2, -0.15) is 18.3 Å². The Kier molecular flexibility index (Phi) is 6.60. The van der Waals surface area contributed by atoms with Crippen molar-refractivity contribution in [2.24, 2.45) is 5.73 Å². The molecule has 0 bridgehead atoms. The van der Waals surface area contributed by atoms with E-state index in [9.17, 15) is 22.8 Å². The minimum atomic E-state index is -4.34. The number of nitrogens with zero attached hydrogens (tertiary/aromatic N) is 4. The number of nitrogens with two attached hydrogens (primary N) is 1. The lowest BCUT2D eigenvalue weighted by Gasteiger charge is -2.08. The second-order valence-electron chi connectivity index (χ2n) is 7.89. The number of benzene rings is 1. The van der Waals surface area contributed by atoms with E-state index >= 15 is 0 Å². The van der Waals surface area contributed by atoms with Gasteiger partial charge in [0.05, 0.1) is 30.6 Å². The molecule has 0 aliphatic carbocycles. The van der Waals surface area contributed by atoms with Crippen molar-refractivity contribution < 1.29 is 18.0 Å². The molecular formula is C24H22F3N5O2. The van der Waals surface area contributed by atoms with Gasteiger partial charge < -0.3 is 5.73 Å². The summed E-state index contributed by atoms with van der Waals surface area (Å²) >= 11 is 0. The van der Waals surface area contributed by atoms with E-state index in [2.05, 4.69) is 10.1 Å². The van der Waals surface area contributed by atoms with Crippen LogP contribution in [0.5, 0.6) is 0 Å². The van der Waals surface area contributed by atoms with Crippen molar-refractivity contribution in [2.45, 2.75) is 32.0 Å². The van der Waals surface area contributed by atoms with E-state index in [1.165, 1.54) is 10.7 Å². The molecular weight excluding hydrogens is 447 g/mol. The normalized spacial score (nSPS) is 11.8. The number of Topliss-reactive ketones (excluding diaryl/α,β-unsaturated/α-hetero) is 1. The van der Waals surface area contributed by atoms with Crippen LogP contribution in [0.3, 0.4) is 0 Å². The van der Waals surface area contributed by atoms with Gasteiger partial charge in [-0.05, 0) is 29.8 Å². The Morgan fingerprint density at radius 3 is 2.65 bits per heavy atom. The number of carbonyl (C=O) groups is 1. The predicted molar refractivity (Wildman–Crippen MR) is 121 cm³/mol. The van der Waals surface area contributed by atoms with Crippen molar-refractivity contribution in [3.05, 3.63) is 76.8 Å². The summed E-state index contributed by atoms with van der Waals surface area (Å²) in [7, 11) is 0. The first-order chi connectivity index (χ1) is 16.2. The first-order valence-electron chi connectivity index (χ1n) is 10.7. The summed E-state index contributed by atoms with van der Waals surface area (Å²) < 4.78 is 40.3. The van der Waals surface area contributed by atoms with Crippen LogP contribution in [0.4, 0.5) is 13.2 Å². The third-order valence-corrected chi connectivity index (χ3v) is 5.33. The van der Waals surface area contributed by atoms with E-state index in [4.69, 9.17) is 5.73 Å². The molecule has 0 saturated heterocycles. The molecule has 34 heavy (non-hydrogen) atoms. The first kappa shape index (κ1) is 23.4. The highest BCUT2D eigenvalue weighted by atomic mass is 19.4. The highest BCUT2D eigenvalue weighted by molar-refractivity contribution is 5.81. The van der Waals surface area contributed by atoms with Crippen LogP contribution in [0.2, 0.25) is 0 Å². The van der Waals surface area contributed by atoms with Gasteiger partial charge in [0, 0.05) is 42.8 Å². The Morgan fingerprint density at radius 2 is 1.88 bits per heavy atom. The van der Waals surface area contributed by atoms with Gasteiger partial charge in [-0.25, -0.2) is 9.67 Å². The summed E-state index contributed by atoms with van der Waals surface area (Å²) in [6, 6.07) is 13.9. The van der Waals surface area contributed by atoms with Crippen molar-refractivity contribution in [1.82, 2.24) is 19.2 Å². The van der Waals surface area contributed by atoms with Crippen molar-refractivity contribution in [3.63, 3.8) is 0 Å². The van der Waals surface area contributed by atoms with Crippen molar-refractivity contribution in [3.8, 4) is 22.5 Å². The van der Waals surface area contributed by atoms with Crippen LogP contribution >= 0.6 is 0 Å². The van der Waals surface area contributed by atoms with Gasteiger partial charge in [0.25, 0.3) is 5.56 Å². The second kappa shape index (κ2) is 9.60. The third-order valence-electron chi connectivity index (χ3n) is 5.33. The molecule has 0 fully saturated rings. The number of alkyl halides is 3. The van der Waals surface area contributed by atoms with E-state index < -0.39 is 24.8 Å². The molecule has 0 saturated carbocycles. The van der Waals surface area contributed by atoms with Crippen LogP contribution in [0, 0.1) is 0 Å². The van der Waals surface area contributed by atoms with E-state index in [1.54, 1.807) is 30.5 Å². The molecule has 2 N–H and O–H groups in total. The molecule has 1 aromatic carbocycles. The Morgan fingerprint density at radius 1 is 1.06 bits per heavy atom. The van der Waals surface area contributed by atoms with Gasteiger partial charge in [0.2, 0.25) is 0 Å². The van der Waals surface area contributed by atoms with Gasteiger partial charge in [-0.3, -0.25) is 14.0 Å². The minimum absolute atomic E-state index is 0.0605. The molecule has 7 nitrogen and oxygen atoms in total. The van der Waals surface area contributed by atoms with Gasteiger partial charge in [0.15, 0.2) is 0 Å². The third kappa shape index (κ3) is 5.40. The highest BCUT2D eigenvalue weighted by Crippen LogP contribution is 2.26. The molecule has 0 aliphatic heterocycles. The second-order valence-corrected chi connectivity index (χ2v) is 7.89. The number of rotatable bonds is 8. The number of pyridine rings is 1. The molecule has 0 radical (unpaired) electrons.